The van der Waals surface area contributed by atoms with Crippen molar-refractivity contribution in [2.45, 2.75) is 69.4 Å². The number of fused-ring (bicyclic) bond motifs is 2. The maximum Gasteiger partial charge on any atom is 0.399 e. The first-order valence-corrected chi connectivity index (χ1v) is 16.0. The van der Waals surface area contributed by atoms with Crippen LogP contribution in [0.2, 0.25) is 0 Å². The zero-order chi connectivity index (χ0) is 33.1. The number of aromatic amines is 1. The zero-order valence-electron chi connectivity index (χ0n) is 24.9. The molecule has 1 aromatic carbocycles. The number of hydrogen-bond donors (Lipinski definition) is 5. The van der Waals surface area contributed by atoms with E-state index in [0.717, 1.165) is 18.2 Å². The third kappa shape index (κ3) is 6.06. The van der Waals surface area contributed by atoms with Gasteiger partial charge in [-0.1, -0.05) is 6.07 Å². The standard InChI is InChI=1S/C28H35F2N6O8P/c1-15(37)34-9-8-27(3)7-6-23(25(40)31-19-12-35(13-19)16(2)38)36(27)26(41)22(14-34)33-24(39)21-11-17-10-18(4-5-20(17)32-21)28(29,30)45(42,43)44/h4-5,10-11,19,22-23,32H,6-9,12-14H2,1-3H3,(H,31,40)(H,33,39)(H2,42,43,44)/t22?,23-,27+/m0/s1. The average molecular weight is 653 g/mol. The van der Waals surface area contributed by atoms with Gasteiger partial charge in [0.15, 0.2) is 0 Å². The van der Waals surface area contributed by atoms with Crippen LogP contribution in [0.4, 0.5) is 8.78 Å². The van der Waals surface area contributed by atoms with Gasteiger partial charge in [0.1, 0.15) is 17.8 Å². The number of halogens is 2. The molecule has 14 nitrogen and oxygen atoms in total. The maximum atomic E-state index is 14.3. The monoisotopic (exact) mass is 652 g/mol. The third-order valence-electron chi connectivity index (χ3n) is 9.01. The summed E-state index contributed by atoms with van der Waals surface area (Å²) in [6, 6.07) is 1.72. The quantitative estimate of drug-likeness (QED) is 0.284. The normalized spacial score (nSPS) is 24.5. The lowest BCUT2D eigenvalue weighted by molar-refractivity contribution is -0.149. The Morgan fingerprint density at radius 2 is 1.69 bits per heavy atom. The SMILES string of the molecule is CC(=O)N1CC(NC(=O)[C@@H]2CC[C@]3(C)CCN(C(C)=O)CC(NC(=O)c4cc5cc(C(F)(F)P(=O)(O)O)ccc5[nH]4)C(=O)N23)C1. The molecule has 0 aliphatic carbocycles. The number of carbonyl (C=O) groups is 5. The Bertz CT molecular complexity index is 1620. The summed E-state index contributed by atoms with van der Waals surface area (Å²) in [6.45, 7) is 5.47. The molecule has 5 N–H and O–H groups in total. The van der Waals surface area contributed by atoms with Gasteiger partial charge in [-0.2, -0.15) is 8.78 Å². The van der Waals surface area contributed by atoms with E-state index >= 15 is 0 Å². The second-order valence-electron chi connectivity index (χ2n) is 12.2. The molecule has 4 heterocycles. The van der Waals surface area contributed by atoms with Gasteiger partial charge in [-0.25, -0.2) is 0 Å². The maximum absolute atomic E-state index is 14.3. The fraction of sp³-hybridized carbons (Fsp3) is 0.536. The molecule has 3 aliphatic heterocycles. The first-order chi connectivity index (χ1) is 20.9. The van der Waals surface area contributed by atoms with E-state index in [-0.39, 0.29) is 53.4 Å². The van der Waals surface area contributed by atoms with Crippen molar-refractivity contribution in [3.8, 4) is 0 Å². The van der Waals surface area contributed by atoms with Crippen molar-refractivity contribution in [2.75, 3.05) is 26.2 Å². The number of hydrogen-bond acceptors (Lipinski definition) is 6. The van der Waals surface area contributed by atoms with E-state index in [2.05, 4.69) is 15.6 Å². The van der Waals surface area contributed by atoms with E-state index in [1.54, 1.807) is 4.90 Å². The van der Waals surface area contributed by atoms with E-state index in [1.165, 1.54) is 29.7 Å². The molecule has 3 aliphatic rings. The van der Waals surface area contributed by atoms with Crippen molar-refractivity contribution in [1.29, 1.82) is 0 Å². The van der Waals surface area contributed by atoms with Crippen LogP contribution >= 0.6 is 7.60 Å². The van der Waals surface area contributed by atoms with Crippen molar-refractivity contribution in [3.05, 3.63) is 35.5 Å². The van der Waals surface area contributed by atoms with Crippen molar-refractivity contribution < 1.29 is 47.1 Å². The van der Waals surface area contributed by atoms with E-state index < -0.39 is 48.3 Å². The fourth-order valence-corrected chi connectivity index (χ4v) is 6.76. The summed E-state index contributed by atoms with van der Waals surface area (Å²) in [4.78, 5) is 90.4. The van der Waals surface area contributed by atoms with Crippen LogP contribution in [0.25, 0.3) is 10.9 Å². The number of carbonyl (C=O) groups excluding carboxylic acids is 5. The summed E-state index contributed by atoms with van der Waals surface area (Å²) in [5.74, 6) is -2.13. The van der Waals surface area contributed by atoms with Crippen LogP contribution in [0.5, 0.6) is 0 Å². The molecule has 244 valence electrons. The van der Waals surface area contributed by atoms with Gasteiger partial charge in [-0.3, -0.25) is 28.5 Å². The number of aromatic nitrogens is 1. The molecule has 0 bridgehead atoms. The molecule has 3 saturated heterocycles. The number of H-pyrrole nitrogens is 1. The highest BCUT2D eigenvalue weighted by molar-refractivity contribution is 7.52. The molecule has 1 aromatic heterocycles. The number of amides is 5. The Kier molecular flexibility index (Phi) is 8.30. The Balaban J connectivity index is 1.39. The predicted octanol–water partition coefficient (Wildman–Crippen LogP) is 0.842. The van der Waals surface area contributed by atoms with Gasteiger partial charge in [0.2, 0.25) is 23.6 Å². The van der Waals surface area contributed by atoms with Crippen molar-refractivity contribution in [2.24, 2.45) is 0 Å². The van der Waals surface area contributed by atoms with Gasteiger partial charge in [0.05, 0.1) is 6.04 Å². The lowest BCUT2D eigenvalue weighted by atomic mass is 9.92. The molecular weight excluding hydrogens is 617 g/mol. The van der Waals surface area contributed by atoms with E-state index in [1.807, 2.05) is 6.92 Å². The lowest BCUT2D eigenvalue weighted by Crippen LogP contribution is -2.66. The fourth-order valence-electron chi connectivity index (χ4n) is 6.28. The number of benzene rings is 1. The molecule has 0 saturated carbocycles. The van der Waals surface area contributed by atoms with E-state index in [4.69, 9.17) is 9.79 Å². The summed E-state index contributed by atoms with van der Waals surface area (Å²) < 4.78 is 39.9. The number of rotatable bonds is 6. The smallest absolute Gasteiger partial charge is 0.351 e. The van der Waals surface area contributed by atoms with Gasteiger partial charge in [0, 0.05) is 62.0 Å². The molecule has 2 aromatic rings. The number of alkyl halides is 2. The van der Waals surface area contributed by atoms with Crippen LogP contribution in [0.1, 0.15) is 56.1 Å². The summed E-state index contributed by atoms with van der Waals surface area (Å²) in [5, 5.41) is 5.62. The predicted molar refractivity (Wildman–Crippen MR) is 155 cm³/mol. The molecule has 5 rings (SSSR count). The van der Waals surface area contributed by atoms with Crippen LogP contribution in [0, 0.1) is 0 Å². The zero-order valence-corrected chi connectivity index (χ0v) is 25.8. The van der Waals surface area contributed by atoms with Crippen LogP contribution in [0.15, 0.2) is 24.3 Å². The second-order valence-corrected chi connectivity index (χ2v) is 13.9. The largest absolute Gasteiger partial charge is 0.399 e. The highest BCUT2D eigenvalue weighted by Crippen LogP contribution is 2.59. The molecule has 0 radical (unpaired) electrons. The minimum Gasteiger partial charge on any atom is -0.351 e. The van der Waals surface area contributed by atoms with Gasteiger partial charge < -0.3 is 40.1 Å². The third-order valence-corrected chi connectivity index (χ3v) is 10.0. The minimum atomic E-state index is -5.82. The number of nitrogens with one attached hydrogen (secondary N) is 3. The first kappa shape index (κ1) is 32.5. The van der Waals surface area contributed by atoms with Gasteiger partial charge in [0.25, 0.3) is 5.91 Å². The molecule has 5 amide bonds. The summed E-state index contributed by atoms with van der Waals surface area (Å²) in [5.41, 5.74) is -6.07. The Morgan fingerprint density at radius 1 is 1.02 bits per heavy atom. The summed E-state index contributed by atoms with van der Waals surface area (Å²) in [6.07, 6.45) is 1.26. The van der Waals surface area contributed by atoms with Crippen molar-refractivity contribution in [1.82, 2.24) is 30.3 Å². The Labute approximate surface area is 256 Å². The molecule has 1 unspecified atom stereocenters. The van der Waals surface area contributed by atoms with Crippen LogP contribution in [-0.4, -0.2) is 109 Å². The Morgan fingerprint density at radius 3 is 2.31 bits per heavy atom. The topological polar surface area (TPSA) is 192 Å². The molecule has 0 spiro atoms. The highest BCUT2D eigenvalue weighted by atomic mass is 31.2. The van der Waals surface area contributed by atoms with Crippen LogP contribution < -0.4 is 10.6 Å². The summed E-state index contributed by atoms with van der Waals surface area (Å²) >= 11 is 0. The molecule has 17 heteroatoms. The van der Waals surface area contributed by atoms with E-state index in [0.29, 0.717) is 32.4 Å². The van der Waals surface area contributed by atoms with Crippen LogP contribution in [0.3, 0.4) is 0 Å². The summed E-state index contributed by atoms with van der Waals surface area (Å²) in [7, 11) is -5.82. The van der Waals surface area contributed by atoms with Crippen LogP contribution in [-0.2, 0) is 29.4 Å². The average Bonchev–Trinajstić information content (AvgIpc) is 3.50. The Hall–Kier alpha value is -3.88. The molecule has 45 heavy (non-hydrogen) atoms. The van der Waals surface area contributed by atoms with E-state index in [9.17, 15) is 37.3 Å². The van der Waals surface area contributed by atoms with Gasteiger partial charge in [-0.05, 0) is 44.4 Å². The van der Waals surface area contributed by atoms with Crippen molar-refractivity contribution in [3.63, 3.8) is 0 Å². The highest BCUT2D eigenvalue weighted by Gasteiger charge is 2.52. The minimum absolute atomic E-state index is 0.0725. The van der Waals surface area contributed by atoms with Crippen molar-refractivity contribution >= 4 is 48.0 Å². The van der Waals surface area contributed by atoms with Gasteiger partial charge in [-0.15, -0.1) is 0 Å². The molecular formula is C28H35F2N6O8P. The second kappa shape index (κ2) is 11.5. The molecule has 3 fully saturated rings. The number of nitrogens with zero attached hydrogens (tertiary/aromatic N) is 3. The first-order valence-electron chi connectivity index (χ1n) is 14.4. The molecule has 3 atom stereocenters. The number of likely N-dealkylation sites (tertiary alicyclic amines) is 1. The van der Waals surface area contributed by atoms with Gasteiger partial charge >= 0.3 is 13.3 Å². The lowest BCUT2D eigenvalue weighted by Gasteiger charge is -2.45.